The first-order valence-corrected chi connectivity index (χ1v) is 4.50. The van der Waals surface area contributed by atoms with E-state index in [1.165, 1.54) is 0 Å². The van der Waals surface area contributed by atoms with Gasteiger partial charge in [-0.05, 0) is 12.8 Å². The lowest BCUT2D eigenvalue weighted by atomic mass is 10.1. The monoisotopic (exact) mass is 184 g/mol. The smallest absolute Gasteiger partial charge is 0.305 e. The largest absolute Gasteiger partial charge is 0.481 e. The van der Waals surface area contributed by atoms with E-state index in [4.69, 9.17) is 16.6 Å². The van der Waals surface area contributed by atoms with Crippen molar-refractivity contribution in [2.24, 2.45) is 0 Å². The molecule has 0 heterocycles. The molecule has 1 atom stereocenters. The fourth-order valence-electron chi connectivity index (χ4n) is 1.09. The first kappa shape index (κ1) is 12.0. The molecule has 0 aromatic carbocycles. The van der Waals surface area contributed by atoms with E-state index in [-0.39, 0.29) is 6.42 Å². The van der Waals surface area contributed by atoms with Crippen molar-refractivity contribution in [3.63, 3.8) is 0 Å². The number of carboxylic acids is 1. The van der Waals surface area contributed by atoms with E-state index in [9.17, 15) is 4.79 Å². The molecule has 0 amide bonds. The zero-order valence-corrected chi connectivity index (χ0v) is 7.70. The number of aliphatic hydroxyl groups is 1. The molecule has 2 N–H and O–H groups in total. The summed E-state index contributed by atoms with van der Waals surface area (Å²) >= 11 is 0. The third-order valence-electron chi connectivity index (χ3n) is 1.77. The molecule has 0 rings (SSSR count). The Morgan fingerprint density at radius 2 is 2.08 bits per heavy atom. The molecule has 0 aromatic heterocycles. The molecule has 74 valence electrons. The van der Waals surface area contributed by atoms with Gasteiger partial charge in [0.05, 0.1) is 12.5 Å². The van der Waals surface area contributed by atoms with Crippen LogP contribution in [-0.4, -0.2) is 22.3 Å². The Morgan fingerprint density at radius 3 is 2.62 bits per heavy atom. The van der Waals surface area contributed by atoms with Crippen LogP contribution in [0.25, 0.3) is 0 Å². The molecule has 0 bridgehead atoms. The number of carbonyl (C=O) groups is 1. The molecule has 0 aliphatic rings. The van der Waals surface area contributed by atoms with Crippen molar-refractivity contribution in [3.05, 3.63) is 0 Å². The molecule has 0 aromatic rings. The summed E-state index contributed by atoms with van der Waals surface area (Å²) in [6.07, 6.45) is 8.27. The summed E-state index contributed by atoms with van der Waals surface area (Å²) in [5, 5.41) is 17.5. The maximum atomic E-state index is 10.2. The molecule has 0 aliphatic heterocycles. The van der Waals surface area contributed by atoms with Crippen LogP contribution in [0.1, 0.15) is 38.5 Å². The minimum absolute atomic E-state index is 0.158. The van der Waals surface area contributed by atoms with Gasteiger partial charge in [0, 0.05) is 6.42 Å². The van der Waals surface area contributed by atoms with Gasteiger partial charge < -0.3 is 10.2 Å². The van der Waals surface area contributed by atoms with E-state index in [1.807, 2.05) is 0 Å². The van der Waals surface area contributed by atoms with Crippen LogP contribution in [0.2, 0.25) is 0 Å². The lowest BCUT2D eigenvalue weighted by molar-refractivity contribution is -0.139. The highest BCUT2D eigenvalue weighted by atomic mass is 16.4. The van der Waals surface area contributed by atoms with Crippen molar-refractivity contribution in [2.45, 2.75) is 44.6 Å². The fraction of sp³-hybridized carbons (Fsp3) is 0.700. The third-order valence-corrected chi connectivity index (χ3v) is 1.77. The van der Waals surface area contributed by atoms with Gasteiger partial charge in [0.25, 0.3) is 0 Å². The van der Waals surface area contributed by atoms with Gasteiger partial charge in [-0.1, -0.05) is 12.8 Å². The first-order chi connectivity index (χ1) is 6.16. The number of terminal acetylenes is 1. The normalized spacial score (nSPS) is 12.0. The van der Waals surface area contributed by atoms with Crippen LogP contribution in [-0.2, 0) is 4.79 Å². The second-order valence-electron chi connectivity index (χ2n) is 3.06. The predicted octanol–water partition coefficient (Wildman–Crippen LogP) is 1.41. The van der Waals surface area contributed by atoms with Crippen LogP contribution in [0.5, 0.6) is 0 Å². The van der Waals surface area contributed by atoms with Gasteiger partial charge in [-0.15, -0.1) is 12.3 Å². The molecule has 3 nitrogen and oxygen atoms in total. The van der Waals surface area contributed by atoms with E-state index >= 15 is 0 Å². The molecule has 1 unspecified atom stereocenters. The molecule has 0 fully saturated rings. The maximum absolute atomic E-state index is 10.2. The number of hydrogen-bond donors (Lipinski definition) is 2. The summed E-state index contributed by atoms with van der Waals surface area (Å²) < 4.78 is 0. The quantitative estimate of drug-likeness (QED) is 0.464. The Labute approximate surface area is 78.8 Å². The number of aliphatic hydroxyl groups excluding tert-OH is 1. The van der Waals surface area contributed by atoms with Gasteiger partial charge in [-0.2, -0.15) is 0 Å². The van der Waals surface area contributed by atoms with Gasteiger partial charge >= 0.3 is 5.97 Å². The van der Waals surface area contributed by atoms with Crippen LogP contribution in [0.4, 0.5) is 0 Å². The molecule has 0 saturated carbocycles. The predicted molar refractivity (Wildman–Crippen MR) is 50.2 cm³/mol. The average Bonchev–Trinajstić information content (AvgIpc) is 2.02. The van der Waals surface area contributed by atoms with E-state index < -0.39 is 12.1 Å². The Balaban J connectivity index is 3.22. The van der Waals surface area contributed by atoms with Crippen molar-refractivity contribution in [1.82, 2.24) is 0 Å². The summed E-state index contributed by atoms with van der Waals surface area (Å²) in [7, 11) is 0. The summed E-state index contributed by atoms with van der Waals surface area (Å²) in [6.45, 7) is 0. The maximum Gasteiger partial charge on any atom is 0.305 e. The van der Waals surface area contributed by atoms with E-state index in [0.29, 0.717) is 6.42 Å². The Bertz CT molecular complexity index is 181. The molecule has 0 radical (unpaired) electrons. The molecule has 0 saturated heterocycles. The van der Waals surface area contributed by atoms with Crippen molar-refractivity contribution in [3.8, 4) is 12.3 Å². The van der Waals surface area contributed by atoms with Gasteiger partial charge in [-0.25, -0.2) is 0 Å². The average molecular weight is 184 g/mol. The van der Waals surface area contributed by atoms with E-state index in [1.54, 1.807) is 0 Å². The summed E-state index contributed by atoms with van der Waals surface area (Å²) in [5.41, 5.74) is 0. The minimum Gasteiger partial charge on any atom is -0.481 e. The Kier molecular flexibility index (Phi) is 7.04. The minimum atomic E-state index is -0.948. The summed E-state index contributed by atoms with van der Waals surface area (Å²) in [6, 6.07) is 0. The molecule has 13 heavy (non-hydrogen) atoms. The van der Waals surface area contributed by atoms with Gasteiger partial charge in [0.1, 0.15) is 0 Å². The number of aliphatic carboxylic acids is 1. The van der Waals surface area contributed by atoms with E-state index in [2.05, 4.69) is 5.92 Å². The zero-order valence-electron chi connectivity index (χ0n) is 7.70. The highest BCUT2D eigenvalue weighted by molar-refractivity contribution is 5.67. The molecule has 0 aliphatic carbocycles. The summed E-state index contributed by atoms with van der Waals surface area (Å²) in [5.74, 6) is 1.58. The Hall–Kier alpha value is -1.01. The standard InChI is InChI=1S/C10H16O3/c1-2-3-4-5-6-7-9(11)8-10(12)13/h1,9,11H,3-8H2,(H,12,13). The Morgan fingerprint density at radius 1 is 1.38 bits per heavy atom. The van der Waals surface area contributed by atoms with Crippen LogP contribution < -0.4 is 0 Å². The van der Waals surface area contributed by atoms with Crippen LogP contribution in [0.3, 0.4) is 0 Å². The van der Waals surface area contributed by atoms with E-state index in [0.717, 1.165) is 25.7 Å². The zero-order chi connectivity index (χ0) is 10.1. The lowest BCUT2D eigenvalue weighted by Crippen LogP contribution is -2.12. The highest BCUT2D eigenvalue weighted by Crippen LogP contribution is 2.07. The van der Waals surface area contributed by atoms with Crippen LogP contribution in [0.15, 0.2) is 0 Å². The molecular weight excluding hydrogens is 168 g/mol. The lowest BCUT2D eigenvalue weighted by Gasteiger charge is -2.06. The second kappa shape index (κ2) is 7.63. The van der Waals surface area contributed by atoms with Gasteiger partial charge in [-0.3, -0.25) is 4.79 Å². The third kappa shape index (κ3) is 8.90. The number of carboxylic acid groups (broad SMARTS) is 1. The number of rotatable bonds is 7. The topological polar surface area (TPSA) is 57.5 Å². The van der Waals surface area contributed by atoms with Crippen LogP contribution in [0, 0.1) is 12.3 Å². The summed E-state index contributed by atoms with van der Waals surface area (Å²) in [4.78, 5) is 10.2. The molecular formula is C10H16O3. The van der Waals surface area contributed by atoms with Crippen molar-refractivity contribution < 1.29 is 15.0 Å². The first-order valence-electron chi connectivity index (χ1n) is 4.50. The fourth-order valence-corrected chi connectivity index (χ4v) is 1.09. The molecule has 0 spiro atoms. The SMILES string of the molecule is C#CCCCCCC(O)CC(=O)O. The van der Waals surface area contributed by atoms with Gasteiger partial charge in [0.15, 0.2) is 0 Å². The van der Waals surface area contributed by atoms with Crippen molar-refractivity contribution in [1.29, 1.82) is 0 Å². The van der Waals surface area contributed by atoms with Crippen LogP contribution >= 0.6 is 0 Å². The second-order valence-corrected chi connectivity index (χ2v) is 3.06. The highest BCUT2D eigenvalue weighted by Gasteiger charge is 2.08. The van der Waals surface area contributed by atoms with Gasteiger partial charge in [0.2, 0.25) is 0 Å². The van der Waals surface area contributed by atoms with Crippen molar-refractivity contribution in [2.75, 3.05) is 0 Å². The molecule has 3 heteroatoms. The number of hydrogen-bond acceptors (Lipinski definition) is 2. The van der Waals surface area contributed by atoms with Crippen molar-refractivity contribution >= 4 is 5.97 Å². The number of unbranched alkanes of at least 4 members (excludes halogenated alkanes) is 3.